The Hall–Kier alpha value is -1.50. The topological polar surface area (TPSA) is 77.7 Å². The van der Waals surface area contributed by atoms with E-state index in [-0.39, 0.29) is 11.9 Å². The molecule has 6 nitrogen and oxygen atoms in total. The zero-order chi connectivity index (χ0) is 15.3. The van der Waals surface area contributed by atoms with Gasteiger partial charge in [-0.1, -0.05) is 6.07 Å². The van der Waals surface area contributed by atoms with Crippen LogP contribution in [-0.4, -0.2) is 55.3 Å². The zero-order valence-corrected chi connectivity index (χ0v) is 12.6. The molecule has 1 aliphatic heterocycles. The van der Waals surface area contributed by atoms with Crippen molar-refractivity contribution in [2.24, 2.45) is 11.1 Å². The number of hydrogen-bond acceptors (Lipinski definition) is 5. The van der Waals surface area contributed by atoms with E-state index in [1.165, 1.54) is 0 Å². The molecule has 2 atom stereocenters. The number of ether oxygens (including phenoxy) is 2. The summed E-state index contributed by atoms with van der Waals surface area (Å²) < 4.78 is 10.5. The molecule has 0 bridgehead atoms. The van der Waals surface area contributed by atoms with E-state index in [0.717, 1.165) is 5.69 Å². The highest BCUT2D eigenvalue weighted by Crippen LogP contribution is 2.30. The van der Waals surface area contributed by atoms with Crippen LogP contribution in [0.2, 0.25) is 0 Å². The maximum atomic E-state index is 12.9. The molecule has 1 fully saturated rings. The van der Waals surface area contributed by atoms with E-state index in [2.05, 4.69) is 4.98 Å². The highest BCUT2D eigenvalue weighted by molar-refractivity contribution is 5.83. The first kappa shape index (κ1) is 15.9. The van der Waals surface area contributed by atoms with E-state index >= 15 is 0 Å². The molecule has 1 aromatic rings. The maximum absolute atomic E-state index is 12.9. The summed E-state index contributed by atoms with van der Waals surface area (Å²) in [4.78, 5) is 18.9. The van der Waals surface area contributed by atoms with E-state index in [4.69, 9.17) is 15.2 Å². The standard InChI is InChI=1S/C15H23N3O3/c1-15(11-21-10-13(15)16)14(19)18(7-8-20-2)9-12-5-3-4-6-17-12/h3-6,13H,7-11,16H2,1-2H3. The molecule has 116 valence electrons. The molecule has 2 unspecified atom stereocenters. The smallest absolute Gasteiger partial charge is 0.232 e. The Bertz CT molecular complexity index is 468. The maximum Gasteiger partial charge on any atom is 0.232 e. The fourth-order valence-electron chi connectivity index (χ4n) is 2.41. The molecule has 0 saturated carbocycles. The minimum Gasteiger partial charge on any atom is -0.383 e. The van der Waals surface area contributed by atoms with Crippen LogP contribution in [-0.2, 0) is 20.8 Å². The van der Waals surface area contributed by atoms with Crippen molar-refractivity contribution in [2.45, 2.75) is 19.5 Å². The van der Waals surface area contributed by atoms with Crippen LogP contribution >= 0.6 is 0 Å². The van der Waals surface area contributed by atoms with Crippen LogP contribution < -0.4 is 5.73 Å². The van der Waals surface area contributed by atoms with Crippen LogP contribution in [0.5, 0.6) is 0 Å². The largest absolute Gasteiger partial charge is 0.383 e. The number of amides is 1. The van der Waals surface area contributed by atoms with Gasteiger partial charge in [-0.25, -0.2) is 0 Å². The lowest BCUT2D eigenvalue weighted by atomic mass is 9.84. The number of carbonyl (C=O) groups excluding carboxylic acids is 1. The van der Waals surface area contributed by atoms with E-state index in [9.17, 15) is 4.79 Å². The molecular formula is C15H23N3O3. The predicted octanol–water partition coefficient (Wildman–Crippen LogP) is 0.420. The molecule has 2 N–H and O–H groups in total. The third kappa shape index (κ3) is 3.58. The Kier molecular flexibility index (Phi) is 5.27. The average Bonchev–Trinajstić information content (AvgIpc) is 2.84. The molecule has 0 radical (unpaired) electrons. The number of nitrogens with zero attached hydrogens (tertiary/aromatic N) is 2. The van der Waals surface area contributed by atoms with Crippen molar-refractivity contribution in [1.29, 1.82) is 0 Å². The van der Waals surface area contributed by atoms with Gasteiger partial charge in [0.25, 0.3) is 0 Å². The number of aromatic nitrogens is 1. The van der Waals surface area contributed by atoms with Gasteiger partial charge >= 0.3 is 0 Å². The molecule has 1 amide bonds. The lowest BCUT2D eigenvalue weighted by molar-refractivity contribution is -0.143. The third-order valence-electron chi connectivity index (χ3n) is 3.94. The molecule has 1 aliphatic rings. The Morgan fingerprint density at radius 2 is 2.43 bits per heavy atom. The molecule has 0 spiro atoms. The Morgan fingerprint density at radius 3 is 3.00 bits per heavy atom. The van der Waals surface area contributed by atoms with Crippen molar-refractivity contribution in [3.05, 3.63) is 30.1 Å². The fraction of sp³-hybridized carbons (Fsp3) is 0.600. The second-order valence-electron chi connectivity index (χ2n) is 5.58. The second-order valence-corrected chi connectivity index (χ2v) is 5.58. The lowest BCUT2D eigenvalue weighted by Gasteiger charge is -2.33. The summed E-state index contributed by atoms with van der Waals surface area (Å²) in [5, 5.41) is 0. The molecule has 6 heteroatoms. The fourth-order valence-corrected chi connectivity index (χ4v) is 2.41. The van der Waals surface area contributed by atoms with Crippen LogP contribution in [0.15, 0.2) is 24.4 Å². The third-order valence-corrected chi connectivity index (χ3v) is 3.94. The molecule has 0 aromatic carbocycles. The van der Waals surface area contributed by atoms with Crippen molar-refractivity contribution in [3.8, 4) is 0 Å². The summed E-state index contributed by atoms with van der Waals surface area (Å²) in [6.07, 6.45) is 1.72. The minimum absolute atomic E-state index is 0.00444. The Balaban J connectivity index is 2.13. The number of nitrogens with two attached hydrogens (primary N) is 1. The van der Waals surface area contributed by atoms with Gasteiger partial charge in [0.15, 0.2) is 0 Å². The normalized spacial score (nSPS) is 25.0. The highest BCUT2D eigenvalue weighted by Gasteiger charge is 2.46. The van der Waals surface area contributed by atoms with Crippen LogP contribution in [0, 0.1) is 5.41 Å². The quantitative estimate of drug-likeness (QED) is 0.822. The van der Waals surface area contributed by atoms with Gasteiger partial charge < -0.3 is 20.1 Å². The Morgan fingerprint density at radius 1 is 1.62 bits per heavy atom. The average molecular weight is 293 g/mol. The number of methoxy groups -OCH3 is 1. The summed E-state index contributed by atoms with van der Waals surface area (Å²) in [7, 11) is 1.62. The van der Waals surface area contributed by atoms with Crippen LogP contribution in [0.3, 0.4) is 0 Å². The molecule has 2 heterocycles. The van der Waals surface area contributed by atoms with Gasteiger partial charge in [-0.05, 0) is 19.1 Å². The van der Waals surface area contributed by atoms with Gasteiger partial charge in [-0.3, -0.25) is 9.78 Å². The number of carbonyl (C=O) groups is 1. The van der Waals surface area contributed by atoms with Gasteiger partial charge in [0.1, 0.15) is 0 Å². The summed E-state index contributed by atoms with van der Waals surface area (Å²) >= 11 is 0. The van der Waals surface area contributed by atoms with Gasteiger partial charge in [-0.2, -0.15) is 0 Å². The number of hydrogen-bond donors (Lipinski definition) is 1. The van der Waals surface area contributed by atoms with Crippen molar-refractivity contribution in [2.75, 3.05) is 33.5 Å². The van der Waals surface area contributed by atoms with Gasteiger partial charge in [0.05, 0.1) is 37.5 Å². The van der Waals surface area contributed by atoms with Gasteiger partial charge in [-0.15, -0.1) is 0 Å². The first-order valence-electron chi connectivity index (χ1n) is 7.09. The van der Waals surface area contributed by atoms with Crippen molar-refractivity contribution >= 4 is 5.91 Å². The van der Waals surface area contributed by atoms with Crippen molar-refractivity contribution in [1.82, 2.24) is 9.88 Å². The molecule has 1 saturated heterocycles. The molecular weight excluding hydrogens is 270 g/mol. The van der Waals surface area contributed by atoms with E-state index in [1.54, 1.807) is 18.2 Å². The summed E-state index contributed by atoms with van der Waals surface area (Å²) in [6, 6.07) is 5.39. The summed E-state index contributed by atoms with van der Waals surface area (Å²) in [6.45, 7) is 4.08. The van der Waals surface area contributed by atoms with Gasteiger partial charge in [0, 0.05) is 25.9 Å². The zero-order valence-electron chi connectivity index (χ0n) is 12.6. The first-order valence-corrected chi connectivity index (χ1v) is 7.09. The second kappa shape index (κ2) is 6.98. The van der Waals surface area contributed by atoms with Gasteiger partial charge in [0.2, 0.25) is 5.91 Å². The van der Waals surface area contributed by atoms with Crippen LogP contribution in [0.1, 0.15) is 12.6 Å². The highest BCUT2D eigenvalue weighted by atomic mass is 16.5. The monoisotopic (exact) mass is 293 g/mol. The lowest BCUT2D eigenvalue weighted by Crippen LogP contribution is -2.52. The van der Waals surface area contributed by atoms with E-state index in [1.807, 2.05) is 25.1 Å². The number of pyridine rings is 1. The minimum atomic E-state index is -0.678. The van der Waals surface area contributed by atoms with Crippen molar-refractivity contribution in [3.63, 3.8) is 0 Å². The van der Waals surface area contributed by atoms with E-state index in [0.29, 0.717) is 32.9 Å². The molecule has 21 heavy (non-hydrogen) atoms. The predicted molar refractivity (Wildman–Crippen MR) is 78.4 cm³/mol. The Labute approximate surface area is 125 Å². The SMILES string of the molecule is COCCN(Cc1ccccn1)C(=O)C1(C)COCC1N. The molecule has 1 aromatic heterocycles. The molecule has 2 rings (SSSR count). The van der Waals surface area contributed by atoms with Crippen LogP contribution in [0.4, 0.5) is 0 Å². The molecule has 0 aliphatic carbocycles. The van der Waals surface area contributed by atoms with Crippen molar-refractivity contribution < 1.29 is 14.3 Å². The number of rotatable bonds is 6. The van der Waals surface area contributed by atoms with Crippen LogP contribution in [0.25, 0.3) is 0 Å². The van der Waals surface area contributed by atoms with E-state index < -0.39 is 5.41 Å². The first-order chi connectivity index (χ1) is 10.1. The summed E-state index contributed by atoms with van der Waals surface area (Å²) in [5.74, 6) is -0.00444. The summed E-state index contributed by atoms with van der Waals surface area (Å²) in [5.41, 5.74) is 6.22.